The summed E-state index contributed by atoms with van der Waals surface area (Å²) in [5, 5.41) is 8.31. The molecular weight excluding hydrogens is 693 g/mol. The fraction of sp³-hybridized carbons (Fsp3) is 0. The first kappa shape index (κ1) is 30.4. The zero-order chi connectivity index (χ0) is 36.0. The van der Waals surface area contributed by atoms with E-state index in [1.807, 2.05) is 35.6 Å². The van der Waals surface area contributed by atoms with E-state index in [4.69, 9.17) is 8.83 Å². The Morgan fingerprint density at radius 1 is 0.418 bits per heavy atom. The van der Waals surface area contributed by atoms with Crippen LogP contribution in [0.4, 0.5) is 17.1 Å². The van der Waals surface area contributed by atoms with Crippen molar-refractivity contribution in [1.29, 1.82) is 0 Å². The molecule has 0 bridgehead atoms. The molecule has 8 aromatic carbocycles. The van der Waals surface area contributed by atoms with Gasteiger partial charge < -0.3 is 18.3 Å². The maximum atomic E-state index is 6.38. The van der Waals surface area contributed by atoms with Crippen molar-refractivity contribution in [3.05, 3.63) is 182 Å². The van der Waals surface area contributed by atoms with E-state index in [2.05, 4.69) is 167 Å². The quantitative estimate of drug-likeness (QED) is 0.177. The van der Waals surface area contributed by atoms with E-state index in [-0.39, 0.29) is 0 Å². The van der Waals surface area contributed by atoms with Crippen molar-refractivity contribution in [2.45, 2.75) is 0 Å². The predicted octanol–water partition coefficient (Wildman–Crippen LogP) is 14.9. The molecule has 55 heavy (non-hydrogen) atoms. The second-order valence-electron chi connectivity index (χ2n) is 14.1. The Hall–Kier alpha value is -7.08. The van der Waals surface area contributed by atoms with Crippen LogP contribution in [0.2, 0.25) is 0 Å². The lowest BCUT2D eigenvalue weighted by atomic mass is 9.99. The highest BCUT2D eigenvalue weighted by Crippen LogP contribution is 2.47. The summed E-state index contributed by atoms with van der Waals surface area (Å²) in [6.07, 6.45) is 0. The first-order valence-corrected chi connectivity index (χ1v) is 19.3. The average molecular weight is 723 g/mol. The third-order valence-corrected chi connectivity index (χ3v) is 12.1. The Balaban J connectivity index is 1.03. The summed E-state index contributed by atoms with van der Waals surface area (Å²) in [6.45, 7) is 0. The van der Waals surface area contributed by atoms with Crippen molar-refractivity contribution in [1.82, 2.24) is 4.57 Å². The summed E-state index contributed by atoms with van der Waals surface area (Å²) in [6, 6.07) is 64.6. The summed E-state index contributed by atoms with van der Waals surface area (Å²) >= 11 is 1.86. The van der Waals surface area contributed by atoms with Gasteiger partial charge in [0.1, 0.15) is 27.2 Å². The van der Waals surface area contributed by atoms with Gasteiger partial charge in [-0.25, -0.2) is 0 Å². The van der Waals surface area contributed by atoms with E-state index in [1.54, 1.807) is 0 Å². The molecule has 12 aromatic rings. The molecule has 0 aliphatic carbocycles. The SMILES string of the molecule is c1ccc(-n2c3ccccc3c3c4c(-c5ccc(N(c6ccc7c(c6)oc6ccccc67)c6ccc7c(c6)oc6ccccc67)cc5)cccc4sc32)cc1. The number of benzene rings is 8. The highest BCUT2D eigenvalue weighted by atomic mass is 32.1. The van der Waals surface area contributed by atoms with Crippen LogP contribution >= 0.6 is 11.3 Å². The largest absolute Gasteiger partial charge is 0.456 e. The molecule has 12 rings (SSSR count). The van der Waals surface area contributed by atoms with Gasteiger partial charge in [-0.15, -0.1) is 11.3 Å². The van der Waals surface area contributed by atoms with Crippen LogP contribution in [0, 0.1) is 0 Å². The molecule has 0 spiro atoms. The van der Waals surface area contributed by atoms with Crippen molar-refractivity contribution < 1.29 is 8.83 Å². The third kappa shape index (κ3) is 4.57. The minimum Gasteiger partial charge on any atom is -0.456 e. The van der Waals surface area contributed by atoms with E-state index in [1.165, 1.54) is 48.0 Å². The van der Waals surface area contributed by atoms with E-state index < -0.39 is 0 Å². The maximum absolute atomic E-state index is 6.38. The molecule has 0 aliphatic heterocycles. The topological polar surface area (TPSA) is 34.5 Å². The molecule has 0 atom stereocenters. The van der Waals surface area contributed by atoms with Gasteiger partial charge in [-0.1, -0.05) is 97.1 Å². The number of furan rings is 2. The molecule has 0 radical (unpaired) electrons. The summed E-state index contributed by atoms with van der Waals surface area (Å²) in [7, 11) is 0. The molecule has 4 aromatic heterocycles. The van der Waals surface area contributed by atoms with Gasteiger partial charge >= 0.3 is 0 Å². The van der Waals surface area contributed by atoms with Crippen LogP contribution < -0.4 is 4.90 Å². The number of anilines is 3. The molecular formula is C50H30N2O2S. The molecule has 0 unspecified atom stereocenters. The maximum Gasteiger partial charge on any atom is 0.137 e. The first-order chi connectivity index (χ1) is 27.3. The smallest absolute Gasteiger partial charge is 0.137 e. The van der Waals surface area contributed by atoms with Gasteiger partial charge in [-0.05, 0) is 83.9 Å². The lowest BCUT2D eigenvalue weighted by Gasteiger charge is -2.25. The second-order valence-corrected chi connectivity index (χ2v) is 15.1. The van der Waals surface area contributed by atoms with E-state index in [0.717, 1.165) is 60.9 Å². The van der Waals surface area contributed by atoms with Crippen LogP contribution in [0.5, 0.6) is 0 Å². The Labute approximate surface area is 319 Å². The molecule has 0 N–H and O–H groups in total. The highest BCUT2D eigenvalue weighted by Gasteiger charge is 2.21. The van der Waals surface area contributed by atoms with Crippen molar-refractivity contribution in [2.24, 2.45) is 0 Å². The summed E-state index contributed by atoms with van der Waals surface area (Å²) in [5.41, 5.74) is 11.3. The zero-order valence-corrected chi connectivity index (χ0v) is 30.3. The molecule has 4 nitrogen and oxygen atoms in total. The van der Waals surface area contributed by atoms with Gasteiger partial charge in [-0.2, -0.15) is 0 Å². The highest BCUT2D eigenvalue weighted by molar-refractivity contribution is 7.26. The zero-order valence-electron chi connectivity index (χ0n) is 29.4. The van der Waals surface area contributed by atoms with Crippen molar-refractivity contribution in [3.8, 4) is 16.8 Å². The van der Waals surface area contributed by atoms with Crippen LogP contribution in [0.1, 0.15) is 0 Å². The number of para-hydroxylation sites is 4. The Bertz CT molecular complexity index is 3330. The van der Waals surface area contributed by atoms with Crippen molar-refractivity contribution >= 4 is 103 Å². The molecule has 5 heteroatoms. The predicted molar refractivity (Wildman–Crippen MR) is 231 cm³/mol. The van der Waals surface area contributed by atoms with Crippen LogP contribution in [0.25, 0.3) is 91.9 Å². The number of nitrogens with zero attached hydrogens (tertiary/aromatic N) is 2. The van der Waals surface area contributed by atoms with Gasteiger partial charge in [0.05, 0.1) is 5.52 Å². The molecule has 0 aliphatic rings. The monoisotopic (exact) mass is 722 g/mol. The lowest BCUT2D eigenvalue weighted by molar-refractivity contribution is 0.669. The Morgan fingerprint density at radius 2 is 0.982 bits per heavy atom. The van der Waals surface area contributed by atoms with Crippen molar-refractivity contribution in [3.63, 3.8) is 0 Å². The Kier molecular flexibility index (Phi) is 6.47. The number of aromatic nitrogens is 1. The molecule has 0 fully saturated rings. The molecule has 0 amide bonds. The number of hydrogen-bond acceptors (Lipinski definition) is 4. The third-order valence-electron chi connectivity index (χ3n) is 11.0. The van der Waals surface area contributed by atoms with Crippen LogP contribution in [0.15, 0.2) is 191 Å². The van der Waals surface area contributed by atoms with E-state index >= 15 is 0 Å². The van der Waals surface area contributed by atoms with Crippen LogP contribution in [-0.4, -0.2) is 4.57 Å². The normalized spacial score (nSPS) is 12.0. The average Bonchev–Trinajstić information content (AvgIpc) is 3.99. The summed E-state index contributed by atoms with van der Waals surface area (Å²) in [4.78, 5) is 3.56. The number of thiophene rings is 1. The minimum absolute atomic E-state index is 0.855. The molecule has 258 valence electrons. The van der Waals surface area contributed by atoms with E-state index in [0.29, 0.717) is 0 Å². The first-order valence-electron chi connectivity index (χ1n) is 18.5. The minimum atomic E-state index is 0.855. The van der Waals surface area contributed by atoms with Gasteiger partial charge in [0.15, 0.2) is 0 Å². The van der Waals surface area contributed by atoms with Gasteiger partial charge in [0.2, 0.25) is 0 Å². The standard InChI is InChI=1S/C50H30N2O2S/c1-2-11-32(12-3-1)52-42-17-7-4-15-41(42)49-48-36(16-10-20-47(48)55-50(49)52)31-21-23-33(24-22-31)51(34-25-27-39-37-13-5-8-18-43(37)53-45(39)29-34)35-26-28-40-38-14-6-9-19-44(38)54-46(40)30-35/h1-30H. The number of rotatable bonds is 5. The van der Waals surface area contributed by atoms with Gasteiger partial charge in [-0.3, -0.25) is 0 Å². The summed E-state index contributed by atoms with van der Waals surface area (Å²) < 4.78 is 16.5. The van der Waals surface area contributed by atoms with Crippen LogP contribution in [-0.2, 0) is 0 Å². The molecule has 4 heterocycles. The number of fused-ring (bicyclic) bond motifs is 11. The van der Waals surface area contributed by atoms with E-state index in [9.17, 15) is 0 Å². The van der Waals surface area contributed by atoms with Crippen molar-refractivity contribution in [2.75, 3.05) is 4.90 Å². The Morgan fingerprint density at radius 3 is 1.65 bits per heavy atom. The van der Waals surface area contributed by atoms with Crippen LogP contribution in [0.3, 0.4) is 0 Å². The lowest BCUT2D eigenvalue weighted by Crippen LogP contribution is -2.09. The molecule has 0 saturated heterocycles. The molecule has 0 saturated carbocycles. The summed E-state index contributed by atoms with van der Waals surface area (Å²) in [5.74, 6) is 0. The van der Waals surface area contributed by atoms with Gasteiger partial charge in [0.25, 0.3) is 0 Å². The second kappa shape index (κ2) is 11.7. The fourth-order valence-corrected chi connectivity index (χ4v) is 9.83. The van der Waals surface area contributed by atoms with Gasteiger partial charge in [0, 0.05) is 77.3 Å². The fourth-order valence-electron chi connectivity index (χ4n) is 8.55. The number of hydrogen-bond donors (Lipinski definition) is 0.